The van der Waals surface area contributed by atoms with Gasteiger partial charge in [-0.1, -0.05) is 39.0 Å². The minimum Gasteiger partial charge on any atom is -0.477 e. The molecule has 0 atom stereocenters. The van der Waals surface area contributed by atoms with Crippen molar-refractivity contribution in [2.45, 2.75) is 51.3 Å². The number of halogens is 2. The quantitative estimate of drug-likeness (QED) is 0.481. The maximum atomic E-state index is 12.9. The molecule has 0 aliphatic heterocycles. The third kappa shape index (κ3) is 5.67. The average Bonchev–Trinajstić information content (AvgIpc) is 2.39. The third-order valence-electron chi connectivity index (χ3n) is 2.77. The molecule has 1 heterocycles. The Bertz CT molecular complexity index is 347. The number of hydrogen-bond acceptors (Lipinski definition) is 2. The van der Waals surface area contributed by atoms with Gasteiger partial charge in [-0.15, -0.1) is 11.6 Å². The van der Waals surface area contributed by atoms with Crippen LogP contribution in [0.5, 0.6) is 5.88 Å². The molecule has 0 aromatic carbocycles. The van der Waals surface area contributed by atoms with Gasteiger partial charge in [-0.2, -0.15) is 0 Å². The molecule has 18 heavy (non-hydrogen) atoms. The summed E-state index contributed by atoms with van der Waals surface area (Å²) in [4.78, 5) is 3.91. The van der Waals surface area contributed by atoms with E-state index in [0.717, 1.165) is 19.0 Å². The molecule has 0 aliphatic carbocycles. The zero-order valence-electron chi connectivity index (χ0n) is 10.9. The van der Waals surface area contributed by atoms with Crippen molar-refractivity contribution in [3.05, 3.63) is 23.6 Å². The van der Waals surface area contributed by atoms with Crippen LogP contribution >= 0.6 is 11.6 Å². The van der Waals surface area contributed by atoms with Gasteiger partial charge in [-0.05, 0) is 12.5 Å². The van der Waals surface area contributed by atoms with Crippen molar-refractivity contribution in [3.63, 3.8) is 0 Å². The summed E-state index contributed by atoms with van der Waals surface area (Å²) in [7, 11) is 0. The summed E-state index contributed by atoms with van der Waals surface area (Å²) in [6, 6.07) is 1.37. The Morgan fingerprint density at radius 3 is 2.67 bits per heavy atom. The van der Waals surface area contributed by atoms with Crippen LogP contribution in [-0.4, -0.2) is 11.6 Å². The molecule has 2 nitrogen and oxygen atoms in total. The number of ether oxygens (including phenoxy) is 1. The summed E-state index contributed by atoms with van der Waals surface area (Å²) in [5.74, 6) is 0.300. The molecule has 0 saturated carbocycles. The van der Waals surface area contributed by atoms with Gasteiger partial charge in [0.05, 0.1) is 18.7 Å². The maximum Gasteiger partial charge on any atom is 0.217 e. The molecule has 0 saturated heterocycles. The van der Waals surface area contributed by atoms with Crippen LogP contribution in [0.3, 0.4) is 0 Å². The highest BCUT2D eigenvalue weighted by molar-refractivity contribution is 6.17. The van der Waals surface area contributed by atoms with E-state index in [0.29, 0.717) is 18.1 Å². The van der Waals surface area contributed by atoms with E-state index >= 15 is 0 Å². The molecule has 0 radical (unpaired) electrons. The van der Waals surface area contributed by atoms with Gasteiger partial charge >= 0.3 is 0 Å². The lowest BCUT2D eigenvalue weighted by Crippen LogP contribution is -2.02. The van der Waals surface area contributed by atoms with E-state index in [2.05, 4.69) is 11.9 Å². The third-order valence-corrected chi connectivity index (χ3v) is 3.06. The number of unbranched alkanes of at least 4 members (excludes halogenated alkanes) is 5. The van der Waals surface area contributed by atoms with Crippen molar-refractivity contribution in [2.24, 2.45) is 0 Å². The van der Waals surface area contributed by atoms with Gasteiger partial charge in [0.25, 0.3) is 0 Å². The second kappa shape index (κ2) is 9.15. The van der Waals surface area contributed by atoms with Gasteiger partial charge in [-0.3, -0.25) is 0 Å². The fourth-order valence-corrected chi connectivity index (χ4v) is 1.94. The van der Waals surface area contributed by atoms with Crippen molar-refractivity contribution in [1.82, 2.24) is 4.98 Å². The molecule has 0 bridgehead atoms. The van der Waals surface area contributed by atoms with Crippen molar-refractivity contribution in [1.29, 1.82) is 0 Å². The zero-order valence-corrected chi connectivity index (χ0v) is 11.7. The van der Waals surface area contributed by atoms with E-state index in [-0.39, 0.29) is 11.7 Å². The Balaban J connectivity index is 2.22. The van der Waals surface area contributed by atoms with E-state index in [1.54, 1.807) is 0 Å². The first-order valence-electron chi connectivity index (χ1n) is 6.61. The van der Waals surface area contributed by atoms with Gasteiger partial charge < -0.3 is 4.74 Å². The van der Waals surface area contributed by atoms with Gasteiger partial charge in [0.15, 0.2) is 0 Å². The second-order valence-electron chi connectivity index (χ2n) is 4.37. The van der Waals surface area contributed by atoms with Crippen LogP contribution in [-0.2, 0) is 5.88 Å². The number of hydrogen-bond donors (Lipinski definition) is 0. The SMILES string of the molecule is CCCCCCCCOc1ncc(F)cc1CCl. The normalized spacial score (nSPS) is 10.6. The topological polar surface area (TPSA) is 22.1 Å². The molecular weight excluding hydrogens is 253 g/mol. The van der Waals surface area contributed by atoms with Crippen molar-refractivity contribution in [2.75, 3.05) is 6.61 Å². The summed E-state index contributed by atoms with van der Waals surface area (Å²) < 4.78 is 18.4. The fourth-order valence-electron chi connectivity index (χ4n) is 1.75. The Hall–Kier alpha value is -0.830. The monoisotopic (exact) mass is 273 g/mol. The molecule has 0 fully saturated rings. The number of aromatic nitrogens is 1. The largest absolute Gasteiger partial charge is 0.477 e. The Kier molecular flexibility index (Phi) is 7.74. The first-order valence-corrected chi connectivity index (χ1v) is 7.14. The lowest BCUT2D eigenvalue weighted by Gasteiger charge is -2.08. The number of nitrogens with zero attached hydrogens (tertiary/aromatic N) is 1. The Morgan fingerprint density at radius 1 is 1.22 bits per heavy atom. The summed E-state index contributed by atoms with van der Waals surface area (Å²) >= 11 is 5.71. The van der Waals surface area contributed by atoms with E-state index < -0.39 is 0 Å². The zero-order chi connectivity index (χ0) is 13.2. The first kappa shape index (κ1) is 15.2. The lowest BCUT2D eigenvalue weighted by atomic mass is 10.1. The Morgan fingerprint density at radius 2 is 1.94 bits per heavy atom. The molecule has 102 valence electrons. The van der Waals surface area contributed by atoms with Crippen LogP contribution in [0.25, 0.3) is 0 Å². The maximum absolute atomic E-state index is 12.9. The standard InChI is InChI=1S/C14H21ClFNO/c1-2-3-4-5-6-7-8-18-14-12(10-15)9-13(16)11-17-14/h9,11H,2-8,10H2,1H3. The van der Waals surface area contributed by atoms with Crippen molar-refractivity contribution in [3.8, 4) is 5.88 Å². The highest BCUT2D eigenvalue weighted by Gasteiger charge is 2.05. The van der Waals surface area contributed by atoms with Crippen LogP contribution in [0, 0.1) is 5.82 Å². The molecule has 0 spiro atoms. The lowest BCUT2D eigenvalue weighted by molar-refractivity contribution is 0.290. The van der Waals surface area contributed by atoms with Crippen molar-refractivity contribution < 1.29 is 9.13 Å². The Labute approximate surface area is 114 Å². The van der Waals surface area contributed by atoms with Gasteiger partial charge in [0.1, 0.15) is 5.82 Å². The highest BCUT2D eigenvalue weighted by atomic mass is 35.5. The first-order chi connectivity index (χ1) is 8.77. The molecular formula is C14H21ClFNO. The van der Waals surface area contributed by atoms with E-state index in [1.807, 2.05) is 0 Å². The summed E-state index contributed by atoms with van der Waals surface area (Å²) in [5.41, 5.74) is 0.614. The van der Waals surface area contributed by atoms with E-state index in [4.69, 9.17) is 16.3 Å². The molecule has 0 amide bonds. The van der Waals surface area contributed by atoms with Crippen LogP contribution < -0.4 is 4.74 Å². The van der Waals surface area contributed by atoms with Crippen LogP contribution in [0.15, 0.2) is 12.3 Å². The van der Waals surface area contributed by atoms with Crippen LogP contribution in [0.4, 0.5) is 4.39 Å². The van der Waals surface area contributed by atoms with E-state index in [9.17, 15) is 4.39 Å². The number of alkyl halides is 1. The molecule has 0 aliphatic rings. The molecule has 4 heteroatoms. The molecule has 1 aromatic heterocycles. The molecule has 1 rings (SSSR count). The predicted octanol–water partition coefficient (Wildman–Crippen LogP) is 4.70. The van der Waals surface area contributed by atoms with Gasteiger partial charge in [0, 0.05) is 5.56 Å². The molecule has 1 aromatic rings. The minimum absolute atomic E-state index is 0.219. The predicted molar refractivity (Wildman–Crippen MR) is 72.6 cm³/mol. The fraction of sp³-hybridized carbons (Fsp3) is 0.643. The molecule has 0 N–H and O–H groups in total. The minimum atomic E-state index is -0.377. The van der Waals surface area contributed by atoms with Gasteiger partial charge in [-0.25, -0.2) is 9.37 Å². The van der Waals surface area contributed by atoms with E-state index in [1.165, 1.54) is 31.7 Å². The summed E-state index contributed by atoms with van der Waals surface area (Å²) in [6.07, 6.45) is 8.43. The van der Waals surface area contributed by atoms with Crippen LogP contribution in [0.2, 0.25) is 0 Å². The molecule has 0 unspecified atom stereocenters. The van der Waals surface area contributed by atoms with Gasteiger partial charge in [0.2, 0.25) is 5.88 Å². The summed E-state index contributed by atoms with van der Waals surface area (Å²) in [6.45, 7) is 2.83. The average molecular weight is 274 g/mol. The smallest absolute Gasteiger partial charge is 0.217 e. The highest BCUT2D eigenvalue weighted by Crippen LogP contribution is 2.18. The second-order valence-corrected chi connectivity index (χ2v) is 4.63. The van der Waals surface area contributed by atoms with Crippen molar-refractivity contribution >= 4 is 11.6 Å². The number of pyridine rings is 1. The number of rotatable bonds is 9. The van der Waals surface area contributed by atoms with Crippen LogP contribution in [0.1, 0.15) is 51.0 Å². The summed E-state index contributed by atoms with van der Waals surface area (Å²) in [5, 5.41) is 0.